The second kappa shape index (κ2) is 6.36. The van der Waals surface area contributed by atoms with E-state index in [9.17, 15) is 17.2 Å². The molecule has 0 radical (unpaired) electrons. The second-order valence-corrected chi connectivity index (χ2v) is 8.32. The topological polar surface area (TPSA) is 55.4 Å². The number of sulfone groups is 1. The van der Waals surface area contributed by atoms with Gasteiger partial charge in [-0.25, -0.2) is 8.42 Å². The van der Waals surface area contributed by atoms with E-state index in [-0.39, 0.29) is 16.5 Å². The third-order valence-corrected chi connectivity index (χ3v) is 6.19. The summed E-state index contributed by atoms with van der Waals surface area (Å²) in [5.74, 6) is -3.39. The minimum atomic E-state index is -4.53. The molecule has 1 heterocycles. The molecule has 128 valence electrons. The molecule has 2 aliphatic rings. The quantitative estimate of drug-likeness (QED) is 0.906. The van der Waals surface area contributed by atoms with Crippen LogP contribution in [0, 0.1) is 0 Å². The highest BCUT2D eigenvalue weighted by atomic mass is 32.2. The number of anilines is 1. The number of nitrogens with one attached hydrogen (secondary N) is 1. The Kier molecular flexibility index (Phi) is 4.60. The zero-order valence-corrected chi connectivity index (χ0v) is 13.6. The average Bonchev–Trinajstić information content (AvgIpc) is 2.95. The van der Waals surface area contributed by atoms with E-state index in [0.717, 1.165) is 38.0 Å². The van der Waals surface area contributed by atoms with Crippen LogP contribution in [0.1, 0.15) is 38.5 Å². The summed E-state index contributed by atoms with van der Waals surface area (Å²) in [4.78, 5) is -0.350. The van der Waals surface area contributed by atoms with E-state index in [0.29, 0.717) is 0 Å². The summed E-state index contributed by atoms with van der Waals surface area (Å²) in [7, 11) is -4.53. The van der Waals surface area contributed by atoms with Gasteiger partial charge in [-0.2, -0.15) is 8.78 Å². The van der Waals surface area contributed by atoms with Gasteiger partial charge in [-0.3, -0.25) is 0 Å². The molecule has 1 aliphatic heterocycles. The van der Waals surface area contributed by atoms with Crippen LogP contribution in [0.5, 0.6) is 0 Å². The number of benzene rings is 1. The Morgan fingerprint density at radius 1 is 1.17 bits per heavy atom. The van der Waals surface area contributed by atoms with Crippen molar-refractivity contribution in [3.63, 3.8) is 0 Å². The lowest BCUT2D eigenvalue weighted by Gasteiger charge is -2.39. The summed E-state index contributed by atoms with van der Waals surface area (Å²) in [6.07, 6.45) is 6.41. The minimum absolute atomic E-state index is 0.00509. The van der Waals surface area contributed by atoms with Gasteiger partial charge >= 0.3 is 5.76 Å². The van der Waals surface area contributed by atoms with Crippen molar-refractivity contribution in [2.24, 2.45) is 0 Å². The zero-order valence-electron chi connectivity index (χ0n) is 12.8. The molecular weight excluding hydrogens is 324 g/mol. The Hall–Kier alpha value is -1.21. The molecule has 3 rings (SSSR count). The van der Waals surface area contributed by atoms with Crippen LogP contribution in [-0.4, -0.2) is 32.4 Å². The van der Waals surface area contributed by atoms with Gasteiger partial charge in [0, 0.05) is 18.3 Å². The molecule has 1 spiro atoms. The molecule has 1 atom stereocenters. The maximum absolute atomic E-state index is 12.5. The van der Waals surface area contributed by atoms with Crippen molar-refractivity contribution in [1.29, 1.82) is 0 Å². The molecule has 2 fully saturated rings. The monoisotopic (exact) mass is 345 g/mol. The molecule has 1 aliphatic carbocycles. The first kappa shape index (κ1) is 16.6. The Labute approximate surface area is 135 Å². The molecule has 1 saturated heterocycles. The van der Waals surface area contributed by atoms with Crippen molar-refractivity contribution < 1.29 is 21.9 Å². The lowest BCUT2D eigenvalue weighted by Crippen LogP contribution is -2.42. The first-order valence-electron chi connectivity index (χ1n) is 7.94. The Bertz CT molecular complexity index is 640. The number of ether oxygens (including phenoxy) is 1. The number of hydrogen-bond acceptors (Lipinski definition) is 4. The minimum Gasteiger partial charge on any atom is -0.382 e. The fraction of sp³-hybridized carbons (Fsp3) is 0.625. The summed E-state index contributed by atoms with van der Waals surface area (Å²) in [5.41, 5.74) is 0.743. The molecule has 1 N–H and O–H groups in total. The van der Waals surface area contributed by atoms with Crippen molar-refractivity contribution in [2.75, 3.05) is 11.9 Å². The zero-order chi connectivity index (χ0) is 16.5. The van der Waals surface area contributed by atoms with Crippen LogP contribution in [0.3, 0.4) is 0 Å². The maximum atomic E-state index is 12.5. The van der Waals surface area contributed by atoms with Gasteiger partial charge in [0.05, 0.1) is 10.5 Å². The van der Waals surface area contributed by atoms with E-state index in [4.69, 9.17) is 4.74 Å². The largest absolute Gasteiger partial charge is 0.382 e. The molecule has 0 amide bonds. The third-order valence-electron chi connectivity index (χ3n) is 4.80. The summed E-state index contributed by atoms with van der Waals surface area (Å²) < 4.78 is 53.9. The Morgan fingerprint density at radius 2 is 1.83 bits per heavy atom. The van der Waals surface area contributed by atoms with Crippen molar-refractivity contribution in [3.8, 4) is 0 Å². The first-order valence-corrected chi connectivity index (χ1v) is 9.49. The van der Waals surface area contributed by atoms with Crippen LogP contribution in [0.4, 0.5) is 14.5 Å². The van der Waals surface area contributed by atoms with E-state index in [1.54, 1.807) is 12.1 Å². The van der Waals surface area contributed by atoms with E-state index in [1.807, 2.05) is 0 Å². The van der Waals surface area contributed by atoms with E-state index < -0.39 is 15.6 Å². The van der Waals surface area contributed by atoms with E-state index in [1.165, 1.54) is 25.0 Å². The predicted octanol–water partition coefficient (Wildman–Crippen LogP) is 3.59. The molecule has 0 aromatic heterocycles. The molecule has 0 bridgehead atoms. The summed E-state index contributed by atoms with van der Waals surface area (Å²) in [6, 6.07) is 5.82. The van der Waals surface area contributed by atoms with Crippen molar-refractivity contribution >= 4 is 15.5 Å². The first-order chi connectivity index (χ1) is 10.9. The maximum Gasteiger partial charge on any atom is 0.341 e. The van der Waals surface area contributed by atoms with Crippen LogP contribution in [0.25, 0.3) is 0 Å². The standard InChI is InChI=1S/C16H21F2NO3S/c17-15(18)23(20,21)14-5-3-12(4-6-14)19-13-7-10-22-16(11-13)8-1-2-9-16/h3-6,13,15,19H,1-2,7-11H2. The van der Waals surface area contributed by atoms with Crippen LogP contribution >= 0.6 is 0 Å². The lowest BCUT2D eigenvalue weighted by atomic mass is 9.89. The van der Waals surface area contributed by atoms with Crippen LogP contribution in [0.2, 0.25) is 0 Å². The smallest absolute Gasteiger partial charge is 0.341 e. The number of rotatable bonds is 4. The molecule has 7 heteroatoms. The highest BCUT2D eigenvalue weighted by Gasteiger charge is 2.39. The highest BCUT2D eigenvalue weighted by molar-refractivity contribution is 7.91. The number of halogens is 2. The number of alkyl halides is 2. The highest BCUT2D eigenvalue weighted by Crippen LogP contribution is 2.40. The van der Waals surface area contributed by atoms with Gasteiger partial charge in [-0.1, -0.05) is 12.8 Å². The van der Waals surface area contributed by atoms with Crippen LogP contribution in [-0.2, 0) is 14.6 Å². The van der Waals surface area contributed by atoms with Crippen molar-refractivity contribution in [3.05, 3.63) is 24.3 Å². The van der Waals surface area contributed by atoms with Crippen LogP contribution in [0.15, 0.2) is 29.2 Å². The molecule has 1 saturated carbocycles. The Morgan fingerprint density at radius 3 is 2.43 bits per heavy atom. The average molecular weight is 345 g/mol. The number of hydrogen-bond donors (Lipinski definition) is 1. The third kappa shape index (κ3) is 3.50. The van der Waals surface area contributed by atoms with Crippen molar-refractivity contribution in [1.82, 2.24) is 0 Å². The normalized spacial score (nSPS) is 24.2. The Balaban J connectivity index is 1.66. The van der Waals surface area contributed by atoms with Gasteiger partial charge in [-0.15, -0.1) is 0 Å². The summed E-state index contributed by atoms with van der Waals surface area (Å²) in [5, 5.41) is 3.38. The predicted molar refractivity (Wildman–Crippen MR) is 83.4 cm³/mol. The van der Waals surface area contributed by atoms with Gasteiger partial charge in [0.2, 0.25) is 9.84 Å². The molecule has 23 heavy (non-hydrogen) atoms. The van der Waals surface area contributed by atoms with Gasteiger partial charge in [0.15, 0.2) is 0 Å². The van der Waals surface area contributed by atoms with Gasteiger partial charge in [0.25, 0.3) is 0 Å². The van der Waals surface area contributed by atoms with Crippen LogP contribution < -0.4 is 5.32 Å². The lowest BCUT2D eigenvalue weighted by molar-refractivity contribution is -0.0767. The summed E-state index contributed by atoms with van der Waals surface area (Å²) >= 11 is 0. The SMILES string of the molecule is O=S(=O)(c1ccc(NC2CCOC3(CCCC3)C2)cc1)C(F)F. The van der Waals surface area contributed by atoms with Gasteiger partial charge in [-0.05, 0) is 49.9 Å². The second-order valence-electron chi connectivity index (χ2n) is 6.40. The molecule has 4 nitrogen and oxygen atoms in total. The fourth-order valence-corrected chi connectivity index (χ4v) is 4.32. The molecular formula is C16H21F2NO3S. The molecule has 1 aromatic rings. The van der Waals surface area contributed by atoms with Crippen molar-refractivity contribution in [2.45, 2.75) is 60.8 Å². The van der Waals surface area contributed by atoms with Gasteiger partial charge < -0.3 is 10.1 Å². The summed E-state index contributed by atoms with van der Waals surface area (Å²) in [6.45, 7) is 0.718. The molecule has 1 unspecified atom stereocenters. The van der Waals surface area contributed by atoms with Gasteiger partial charge in [0.1, 0.15) is 0 Å². The molecule has 1 aromatic carbocycles. The fourth-order valence-electron chi connectivity index (χ4n) is 3.60. The van der Waals surface area contributed by atoms with E-state index >= 15 is 0 Å². The van der Waals surface area contributed by atoms with E-state index in [2.05, 4.69) is 5.32 Å².